The van der Waals surface area contributed by atoms with Crippen LogP contribution < -0.4 is 14.2 Å². The Morgan fingerprint density at radius 2 is 0.857 bits per heavy atom. The molecule has 4 aromatic rings. The standard InChI is InChI=1S/C39H42O3/c1-8-26-40-35-22-16-33(17-23-35)39(7,34-18-24-36(25-19-34)41-27-9-2)32-12-10-30(11-13-32)38(5,6)31-14-20-37(21-15-31)42-28-29(3)4/h8-25H,1-3,26-28H2,4-7H3. The molecule has 0 N–H and O–H groups in total. The van der Waals surface area contributed by atoms with E-state index in [1.165, 1.54) is 27.8 Å². The Balaban J connectivity index is 1.68. The highest BCUT2D eigenvalue weighted by Gasteiger charge is 2.32. The number of hydrogen-bond acceptors (Lipinski definition) is 3. The summed E-state index contributed by atoms with van der Waals surface area (Å²) in [5.74, 6) is 2.50. The Kier molecular flexibility index (Phi) is 9.75. The molecule has 3 nitrogen and oxygen atoms in total. The van der Waals surface area contributed by atoms with Gasteiger partial charge in [0.1, 0.15) is 37.1 Å². The van der Waals surface area contributed by atoms with Crippen molar-refractivity contribution in [2.24, 2.45) is 0 Å². The lowest BCUT2D eigenvalue weighted by atomic mass is 9.70. The maximum Gasteiger partial charge on any atom is 0.119 e. The third kappa shape index (κ3) is 6.86. The summed E-state index contributed by atoms with van der Waals surface area (Å²) in [7, 11) is 0. The molecular weight excluding hydrogens is 516 g/mol. The minimum absolute atomic E-state index is 0.184. The van der Waals surface area contributed by atoms with Crippen molar-refractivity contribution in [3.63, 3.8) is 0 Å². The molecule has 0 atom stereocenters. The molecule has 0 aliphatic carbocycles. The zero-order valence-electron chi connectivity index (χ0n) is 25.4. The monoisotopic (exact) mass is 558 g/mol. The molecule has 4 aromatic carbocycles. The van der Waals surface area contributed by atoms with Gasteiger partial charge in [-0.25, -0.2) is 0 Å². The first kappa shape index (κ1) is 30.5. The Morgan fingerprint density at radius 1 is 0.548 bits per heavy atom. The van der Waals surface area contributed by atoms with Gasteiger partial charge in [0.15, 0.2) is 0 Å². The molecule has 0 aromatic heterocycles. The van der Waals surface area contributed by atoms with Gasteiger partial charge in [0.2, 0.25) is 0 Å². The summed E-state index contributed by atoms with van der Waals surface area (Å²) < 4.78 is 17.3. The largest absolute Gasteiger partial charge is 0.490 e. The van der Waals surface area contributed by atoms with Crippen LogP contribution in [0.2, 0.25) is 0 Å². The predicted molar refractivity (Wildman–Crippen MR) is 175 cm³/mol. The normalized spacial score (nSPS) is 11.4. The number of rotatable bonds is 14. The molecule has 0 aliphatic heterocycles. The summed E-state index contributed by atoms with van der Waals surface area (Å²) >= 11 is 0. The van der Waals surface area contributed by atoms with Crippen LogP contribution in [0.1, 0.15) is 55.5 Å². The van der Waals surface area contributed by atoms with Gasteiger partial charge >= 0.3 is 0 Å². The van der Waals surface area contributed by atoms with Gasteiger partial charge in [0.05, 0.1) is 0 Å². The quantitative estimate of drug-likeness (QED) is 0.114. The van der Waals surface area contributed by atoms with Crippen LogP contribution in [0.25, 0.3) is 0 Å². The molecule has 0 spiro atoms. The summed E-state index contributed by atoms with van der Waals surface area (Å²) in [5, 5.41) is 0. The average molecular weight is 559 g/mol. The van der Waals surface area contributed by atoms with Crippen LogP contribution in [0, 0.1) is 0 Å². The van der Waals surface area contributed by atoms with Gasteiger partial charge in [0, 0.05) is 10.8 Å². The Morgan fingerprint density at radius 3 is 1.21 bits per heavy atom. The Bertz CT molecular complexity index is 1420. The minimum Gasteiger partial charge on any atom is -0.490 e. The summed E-state index contributed by atoms with van der Waals surface area (Å²) in [6.07, 6.45) is 3.51. The molecule has 0 fully saturated rings. The summed E-state index contributed by atoms with van der Waals surface area (Å²) in [5.41, 5.74) is 6.42. The summed E-state index contributed by atoms with van der Waals surface area (Å²) in [6.45, 7) is 21.7. The van der Waals surface area contributed by atoms with E-state index >= 15 is 0 Å². The second kappa shape index (κ2) is 13.4. The molecule has 4 rings (SSSR count). The van der Waals surface area contributed by atoms with Gasteiger partial charge in [0.25, 0.3) is 0 Å². The van der Waals surface area contributed by atoms with Crippen molar-refractivity contribution in [2.45, 2.75) is 38.5 Å². The van der Waals surface area contributed by atoms with Crippen molar-refractivity contribution < 1.29 is 14.2 Å². The maximum atomic E-state index is 5.81. The summed E-state index contributed by atoms with van der Waals surface area (Å²) in [4.78, 5) is 0. The first-order valence-electron chi connectivity index (χ1n) is 14.4. The molecule has 0 heterocycles. The third-order valence-corrected chi connectivity index (χ3v) is 7.84. The van der Waals surface area contributed by atoms with Crippen LogP contribution in [-0.4, -0.2) is 19.8 Å². The van der Waals surface area contributed by atoms with E-state index < -0.39 is 5.41 Å². The Labute approximate surface area is 251 Å². The highest BCUT2D eigenvalue weighted by atomic mass is 16.5. The fourth-order valence-electron chi connectivity index (χ4n) is 5.14. The highest BCUT2D eigenvalue weighted by Crippen LogP contribution is 2.41. The van der Waals surface area contributed by atoms with Crippen molar-refractivity contribution in [1.82, 2.24) is 0 Å². The van der Waals surface area contributed by atoms with E-state index in [1.807, 2.05) is 43.3 Å². The molecular formula is C39H42O3. The van der Waals surface area contributed by atoms with Crippen LogP contribution >= 0.6 is 0 Å². The van der Waals surface area contributed by atoms with Crippen LogP contribution in [0.5, 0.6) is 17.2 Å². The van der Waals surface area contributed by atoms with E-state index in [2.05, 4.69) is 101 Å². The zero-order valence-corrected chi connectivity index (χ0v) is 25.4. The molecule has 0 saturated carbocycles. The van der Waals surface area contributed by atoms with Crippen LogP contribution in [0.3, 0.4) is 0 Å². The van der Waals surface area contributed by atoms with Gasteiger partial charge in [-0.1, -0.05) is 106 Å². The van der Waals surface area contributed by atoms with E-state index in [1.54, 1.807) is 12.2 Å². The fraction of sp³-hybridized carbons (Fsp3) is 0.231. The molecule has 0 radical (unpaired) electrons. The lowest BCUT2D eigenvalue weighted by Gasteiger charge is -2.33. The van der Waals surface area contributed by atoms with Crippen molar-refractivity contribution in [1.29, 1.82) is 0 Å². The van der Waals surface area contributed by atoms with E-state index in [4.69, 9.17) is 14.2 Å². The lowest BCUT2D eigenvalue weighted by Crippen LogP contribution is -2.26. The average Bonchev–Trinajstić information content (AvgIpc) is 3.02. The molecule has 0 unspecified atom stereocenters. The van der Waals surface area contributed by atoms with Gasteiger partial charge < -0.3 is 14.2 Å². The molecule has 0 saturated heterocycles. The molecule has 3 heteroatoms. The van der Waals surface area contributed by atoms with E-state index in [9.17, 15) is 0 Å². The van der Waals surface area contributed by atoms with Gasteiger partial charge in [-0.2, -0.15) is 0 Å². The second-order valence-electron chi connectivity index (χ2n) is 11.3. The molecule has 0 aliphatic rings. The van der Waals surface area contributed by atoms with Crippen LogP contribution in [0.15, 0.2) is 135 Å². The van der Waals surface area contributed by atoms with Crippen molar-refractivity contribution in [2.75, 3.05) is 19.8 Å². The van der Waals surface area contributed by atoms with E-state index in [-0.39, 0.29) is 5.41 Å². The first-order chi connectivity index (χ1) is 20.2. The SMILES string of the molecule is C=CCOc1ccc(C(C)(c2ccc(OCC=C)cc2)c2ccc(C(C)(C)c3ccc(OCC(=C)C)cc3)cc2)cc1. The molecule has 42 heavy (non-hydrogen) atoms. The zero-order chi connectivity index (χ0) is 30.2. The number of ether oxygens (including phenoxy) is 3. The Hall–Kier alpha value is -4.50. The van der Waals surface area contributed by atoms with Crippen molar-refractivity contribution in [3.05, 3.63) is 162 Å². The van der Waals surface area contributed by atoms with E-state index in [0.717, 1.165) is 22.8 Å². The number of hydrogen-bond donors (Lipinski definition) is 0. The lowest BCUT2D eigenvalue weighted by molar-refractivity contribution is 0.352. The third-order valence-electron chi connectivity index (χ3n) is 7.84. The van der Waals surface area contributed by atoms with Crippen molar-refractivity contribution in [3.8, 4) is 17.2 Å². The molecule has 0 bridgehead atoms. The number of benzene rings is 4. The van der Waals surface area contributed by atoms with Gasteiger partial charge in [-0.15, -0.1) is 0 Å². The highest BCUT2D eigenvalue weighted by molar-refractivity contribution is 5.53. The predicted octanol–water partition coefficient (Wildman–Crippen LogP) is 9.45. The van der Waals surface area contributed by atoms with Gasteiger partial charge in [-0.05, 0) is 83.6 Å². The maximum absolute atomic E-state index is 5.81. The van der Waals surface area contributed by atoms with Crippen LogP contribution in [0.4, 0.5) is 0 Å². The topological polar surface area (TPSA) is 27.7 Å². The van der Waals surface area contributed by atoms with E-state index in [0.29, 0.717) is 19.8 Å². The smallest absolute Gasteiger partial charge is 0.119 e. The molecule has 216 valence electrons. The summed E-state index contributed by atoms with van der Waals surface area (Å²) in [6, 6.07) is 34.1. The van der Waals surface area contributed by atoms with Gasteiger partial charge in [-0.3, -0.25) is 0 Å². The fourth-order valence-corrected chi connectivity index (χ4v) is 5.14. The second-order valence-corrected chi connectivity index (χ2v) is 11.3. The van der Waals surface area contributed by atoms with Crippen LogP contribution in [-0.2, 0) is 10.8 Å². The molecule has 0 amide bonds. The minimum atomic E-state index is -0.404. The van der Waals surface area contributed by atoms with Crippen molar-refractivity contribution >= 4 is 0 Å². The first-order valence-corrected chi connectivity index (χ1v) is 14.4.